The van der Waals surface area contributed by atoms with Crippen LogP contribution in [-0.2, 0) is 6.61 Å². The van der Waals surface area contributed by atoms with Gasteiger partial charge in [-0.25, -0.2) is 9.37 Å². The molecule has 0 radical (unpaired) electrons. The second-order valence-electron chi connectivity index (χ2n) is 6.38. The van der Waals surface area contributed by atoms with Crippen molar-refractivity contribution in [2.75, 3.05) is 5.43 Å². The highest BCUT2D eigenvalue weighted by molar-refractivity contribution is 7.14. The fraction of sp³-hybridized carbons (Fsp3) is 0.0435. The van der Waals surface area contributed by atoms with Crippen LogP contribution in [0.15, 0.2) is 83.3 Å². The molecule has 4 nitrogen and oxygen atoms in total. The lowest BCUT2D eigenvalue weighted by Crippen LogP contribution is -1.96. The smallest absolute Gasteiger partial charge is 0.203 e. The van der Waals surface area contributed by atoms with Gasteiger partial charge in [0.25, 0.3) is 0 Å². The van der Waals surface area contributed by atoms with Crippen molar-refractivity contribution in [1.82, 2.24) is 4.98 Å². The summed E-state index contributed by atoms with van der Waals surface area (Å²) in [6, 6.07) is 22.1. The zero-order chi connectivity index (χ0) is 20.8. The van der Waals surface area contributed by atoms with Crippen LogP contribution < -0.4 is 10.2 Å². The summed E-state index contributed by atoms with van der Waals surface area (Å²) < 4.78 is 19.2. The first kappa shape index (κ1) is 20.1. The number of hydrogen-bond donors (Lipinski definition) is 1. The van der Waals surface area contributed by atoms with Crippen molar-refractivity contribution in [2.24, 2.45) is 5.10 Å². The highest BCUT2D eigenvalue weighted by atomic mass is 35.5. The van der Waals surface area contributed by atoms with Gasteiger partial charge >= 0.3 is 0 Å². The highest BCUT2D eigenvalue weighted by Crippen LogP contribution is 2.24. The van der Waals surface area contributed by atoms with Crippen LogP contribution in [0.3, 0.4) is 0 Å². The molecule has 0 saturated carbocycles. The molecule has 0 bridgehead atoms. The number of halogens is 2. The number of nitrogens with zero attached hydrogens (tertiary/aromatic N) is 2. The number of thiazole rings is 1. The van der Waals surface area contributed by atoms with Crippen LogP contribution in [0.5, 0.6) is 5.75 Å². The average Bonchev–Trinajstić information content (AvgIpc) is 3.25. The van der Waals surface area contributed by atoms with Crippen LogP contribution in [0, 0.1) is 5.82 Å². The fourth-order valence-electron chi connectivity index (χ4n) is 2.67. The first-order valence-electron chi connectivity index (χ1n) is 9.14. The van der Waals surface area contributed by atoms with Crippen molar-refractivity contribution in [2.45, 2.75) is 6.61 Å². The van der Waals surface area contributed by atoms with Crippen molar-refractivity contribution in [1.29, 1.82) is 0 Å². The van der Waals surface area contributed by atoms with Crippen molar-refractivity contribution < 1.29 is 9.13 Å². The van der Waals surface area contributed by atoms with E-state index in [9.17, 15) is 4.39 Å². The molecule has 1 N–H and O–H groups in total. The summed E-state index contributed by atoms with van der Waals surface area (Å²) in [5, 5.41) is 7.05. The molecule has 0 amide bonds. The van der Waals surface area contributed by atoms with Gasteiger partial charge in [-0.1, -0.05) is 48.0 Å². The summed E-state index contributed by atoms with van der Waals surface area (Å²) in [7, 11) is 0. The summed E-state index contributed by atoms with van der Waals surface area (Å²) in [5.74, 6) is 0.232. The molecule has 0 unspecified atom stereocenters. The third kappa shape index (κ3) is 5.23. The van der Waals surface area contributed by atoms with Crippen LogP contribution in [0.4, 0.5) is 9.52 Å². The van der Waals surface area contributed by atoms with E-state index in [4.69, 9.17) is 16.3 Å². The number of aromatic nitrogens is 1. The van der Waals surface area contributed by atoms with E-state index in [0.29, 0.717) is 11.3 Å². The van der Waals surface area contributed by atoms with Crippen molar-refractivity contribution in [3.05, 3.63) is 100 Å². The monoisotopic (exact) mass is 437 g/mol. The largest absolute Gasteiger partial charge is 0.489 e. The average molecular weight is 438 g/mol. The quantitative estimate of drug-likeness (QED) is 0.261. The number of anilines is 1. The molecule has 0 atom stereocenters. The summed E-state index contributed by atoms with van der Waals surface area (Å²) in [5.41, 5.74) is 6.57. The maximum Gasteiger partial charge on any atom is 0.203 e. The van der Waals surface area contributed by atoms with Gasteiger partial charge in [0.05, 0.1) is 16.9 Å². The van der Waals surface area contributed by atoms with Gasteiger partial charge in [0.2, 0.25) is 5.13 Å². The SMILES string of the molecule is Fc1cc(COc2ccc(C=NNc3nc(-c4ccccc4)cs3)cc2)ccc1Cl. The van der Waals surface area contributed by atoms with E-state index in [2.05, 4.69) is 15.5 Å². The Labute approximate surface area is 182 Å². The lowest BCUT2D eigenvalue weighted by molar-refractivity contribution is 0.305. The highest BCUT2D eigenvalue weighted by Gasteiger charge is 2.04. The molecule has 0 spiro atoms. The summed E-state index contributed by atoms with van der Waals surface area (Å²) >= 11 is 7.19. The number of hydrogen-bond acceptors (Lipinski definition) is 5. The maximum absolute atomic E-state index is 13.5. The van der Waals surface area contributed by atoms with Crippen LogP contribution in [0.25, 0.3) is 11.3 Å². The Hall–Kier alpha value is -3.22. The Morgan fingerprint density at radius 1 is 1.07 bits per heavy atom. The van der Waals surface area contributed by atoms with Crippen LogP contribution in [0.1, 0.15) is 11.1 Å². The molecule has 0 aliphatic heterocycles. The Morgan fingerprint density at radius 2 is 1.87 bits per heavy atom. The van der Waals surface area contributed by atoms with E-state index in [1.165, 1.54) is 23.5 Å². The van der Waals surface area contributed by atoms with E-state index in [1.54, 1.807) is 12.3 Å². The van der Waals surface area contributed by atoms with E-state index in [-0.39, 0.29) is 11.6 Å². The van der Waals surface area contributed by atoms with E-state index >= 15 is 0 Å². The molecular weight excluding hydrogens is 421 g/mol. The van der Waals surface area contributed by atoms with Crippen molar-refractivity contribution >= 4 is 34.3 Å². The first-order chi connectivity index (χ1) is 14.7. The summed E-state index contributed by atoms with van der Waals surface area (Å²) in [6.07, 6.45) is 1.71. The minimum absolute atomic E-state index is 0.102. The molecular formula is C23H17ClFN3OS. The van der Waals surface area contributed by atoms with E-state index in [1.807, 2.05) is 60.0 Å². The van der Waals surface area contributed by atoms with Crippen molar-refractivity contribution in [3.8, 4) is 17.0 Å². The molecule has 30 heavy (non-hydrogen) atoms. The van der Waals surface area contributed by atoms with Gasteiger partial charge in [-0.3, -0.25) is 5.43 Å². The topological polar surface area (TPSA) is 46.5 Å². The molecule has 3 aromatic carbocycles. The predicted molar refractivity (Wildman–Crippen MR) is 121 cm³/mol. The number of ether oxygens (including phenoxy) is 1. The number of rotatable bonds is 7. The first-order valence-corrected chi connectivity index (χ1v) is 10.4. The van der Waals surface area contributed by atoms with Crippen LogP contribution in [-0.4, -0.2) is 11.2 Å². The van der Waals surface area contributed by atoms with E-state index in [0.717, 1.165) is 22.0 Å². The van der Waals surface area contributed by atoms with Gasteiger partial charge in [0.1, 0.15) is 18.2 Å². The lowest BCUT2D eigenvalue weighted by atomic mass is 10.2. The van der Waals surface area contributed by atoms with Gasteiger partial charge < -0.3 is 4.74 Å². The Bertz CT molecular complexity index is 1150. The lowest BCUT2D eigenvalue weighted by Gasteiger charge is -2.07. The molecule has 4 rings (SSSR count). The molecule has 7 heteroatoms. The van der Waals surface area contributed by atoms with Crippen LogP contribution >= 0.6 is 22.9 Å². The fourth-order valence-corrected chi connectivity index (χ4v) is 3.46. The standard InChI is InChI=1S/C23H17ClFN3OS/c24-20-11-8-17(12-21(20)25)14-29-19-9-6-16(7-10-19)13-26-28-23-27-22(15-30-23)18-4-2-1-3-5-18/h1-13,15H,14H2,(H,27,28). The third-order valence-corrected chi connectivity index (χ3v) is 5.27. The predicted octanol–water partition coefficient (Wildman–Crippen LogP) is 6.63. The minimum Gasteiger partial charge on any atom is -0.489 e. The molecule has 0 fully saturated rings. The zero-order valence-corrected chi connectivity index (χ0v) is 17.3. The summed E-state index contributed by atoms with van der Waals surface area (Å²) in [6.45, 7) is 0.261. The Kier molecular flexibility index (Phi) is 6.37. The Morgan fingerprint density at radius 3 is 2.63 bits per heavy atom. The molecule has 0 aliphatic carbocycles. The maximum atomic E-state index is 13.5. The second-order valence-corrected chi connectivity index (χ2v) is 7.65. The van der Waals surface area contributed by atoms with Gasteiger partial charge in [0.15, 0.2) is 0 Å². The number of benzene rings is 3. The molecule has 4 aromatic rings. The van der Waals surface area contributed by atoms with Gasteiger partial charge in [-0.05, 0) is 47.5 Å². The van der Waals surface area contributed by atoms with E-state index < -0.39 is 5.82 Å². The van der Waals surface area contributed by atoms with Gasteiger partial charge in [-0.15, -0.1) is 11.3 Å². The van der Waals surface area contributed by atoms with Crippen LogP contribution in [0.2, 0.25) is 5.02 Å². The molecule has 1 heterocycles. The second kappa shape index (κ2) is 9.52. The van der Waals surface area contributed by atoms with Gasteiger partial charge in [-0.2, -0.15) is 5.10 Å². The minimum atomic E-state index is -0.451. The molecule has 0 aliphatic rings. The normalized spacial score (nSPS) is 11.0. The van der Waals surface area contributed by atoms with Gasteiger partial charge in [0, 0.05) is 10.9 Å². The summed E-state index contributed by atoms with van der Waals surface area (Å²) in [4.78, 5) is 4.53. The number of hydrazone groups is 1. The molecule has 1 aromatic heterocycles. The third-order valence-electron chi connectivity index (χ3n) is 4.22. The zero-order valence-electron chi connectivity index (χ0n) is 15.8. The number of nitrogens with one attached hydrogen (secondary N) is 1. The molecule has 0 saturated heterocycles. The van der Waals surface area contributed by atoms with Crippen molar-refractivity contribution in [3.63, 3.8) is 0 Å². The molecule has 150 valence electrons. The Balaban J connectivity index is 1.30.